The van der Waals surface area contributed by atoms with Gasteiger partial charge in [-0.1, -0.05) is 6.92 Å². The summed E-state index contributed by atoms with van der Waals surface area (Å²) in [6.07, 6.45) is 0.948. The number of amides is 1. The molecule has 1 amide bonds. The van der Waals surface area contributed by atoms with Crippen LogP contribution in [0.15, 0.2) is 0 Å². The Balaban J connectivity index is 4.27. The number of carbonyl (C=O) groups is 1. The highest BCUT2D eigenvalue weighted by atomic mass is 16.5. The normalized spacial score (nSPS) is 13.0. The molecule has 0 saturated carbocycles. The molecule has 0 aliphatic heterocycles. The molecule has 84 valence electrons. The fraction of sp³-hybridized carbons (Fsp3) is 0.900. The number of methoxy groups -OCH3 is 1. The quantitative estimate of drug-likeness (QED) is 0.686. The van der Waals surface area contributed by atoms with Crippen molar-refractivity contribution in [2.75, 3.05) is 20.3 Å². The molecule has 0 aliphatic carbocycles. The summed E-state index contributed by atoms with van der Waals surface area (Å²) in [6, 6.07) is -0.334. The van der Waals surface area contributed by atoms with Gasteiger partial charge in [-0.3, -0.25) is 4.79 Å². The average Bonchev–Trinajstić information content (AvgIpc) is 2.13. The molecule has 2 N–H and O–H groups in total. The first-order valence-electron chi connectivity index (χ1n) is 5.09. The monoisotopic (exact) mass is 202 g/mol. The molecule has 0 spiro atoms. The first-order valence-corrected chi connectivity index (χ1v) is 5.09. The molecule has 0 bridgehead atoms. The first-order chi connectivity index (χ1) is 6.54. The summed E-state index contributed by atoms with van der Waals surface area (Å²) in [5.74, 6) is -0.0244. The minimum Gasteiger partial charge on any atom is -0.383 e. The molecule has 0 aliphatic rings. The van der Waals surface area contributed by atoms with Gasteiger partial charge in [0, 0.05) is 19.7 Å². The molecule has 0 radical (unpaired) electrons. The van der Waals surface area contributed by atoms with E-state index in [1.807, 2.05) is 20.8 Å². The SMILES string of the molecule is CCCN(C(=O)C(N)COC)C(C)C. The largest absolute Gasteiger partial charge is 0.383 e. The van der Waals surface area contributed by atoms with Crippen molar-refractivity contribution in [2.45, 2.75) is 39.3 Å². The first kappa shape index (κ1) is 13.4. The zero-order chi connectivity index (χ0) is 11.1. The van der Waals surface area contributed by atoms with Crippen LogP contribution in [-0.4, -0.2) is 43.2 Å². The lowest BCUT2D eigenvalue weighted by Crippen LogP contribution is -2.49. The van der Waals surface area contributed by atoms with E-state index in [1.54, 1.807) is 12.0 Å². The summed E-state index contributed by atoms with van der Waals surface area (Å²) in [5, 5.41) is 0. The van der Waals surface area contributed by atoms with Gasteiger partial charge in [-0.25, -0.2) is 0 Å². The van der Waals surface area contributed by atoms with Gasteiger partial charge < -0.3 is 15.4 Å². The van der Waals surface area contributed by atoms with Crippen LogP contribution in [0.1, 0.15) is 27.2 Å². The van der Waals surface area contributed by atoms with E-state index >= 15 is 0 Å². The number of hydrogen-bond donors (Lipinski definition) is 1. The highest BCUT2D eigenvalue weighted by molar-refractivity contribution is 5.82. The highest BCUT2D eigenvalue weighted by Gasteiger charge is 2.22. The van der Waals surface area contributed by atoms with Gasteiger partial charge in [-0.2, -0.15) is 0 Å². The van der Waals surface area contributed by atoms with Crippen LogP contribution >= 0.6 is 0 Å². The van der Waals surface area contributed by atoms with E-state index in [1.165, 1.54) is 0 Å². The molecule has 0 aromatic heterocycles. The standard InChI is InChI=1S/C10H22N2O2/c1-5-6-12(8(2)3)10(13)9(11)7-14-4/h8-9H,5-7,11H2,1-4H3. The molecular weight excluding hydrogens is 180 g/mol. The van der Waals surface area contributed by atoms with Crippen molar-refractivity contribution in [2.24, 2.45) is 5.73 Å². The topological polar surface area (TPSA) is 55.6 Å². The molecule has 1 unspecified atom stereocenters. The van der Waals surface area contributed by atoms with Crippen LogP contribution in [0.2, 0.25) is 0 Å². The number of carbonyl (C=O) groups excluding carboxylic acids is 1. The van der Waals surface area contributed by atoms with Crippen LogP contribution in [0.3, 0.4) is 0 Å². The second-order valence-electron chi connectivity index (χ2n) is 3.69. The van der Waals surface area contributed by atoms with Crippen LogP contribution in [0.4, 0.5) is 0 Å². The number of hydrogen-bond acceptors (Lipinski definition) is 3. The smallest absolute Gasteiger partial charge is 0.242 e. The minimum atomic E-state index is -0.533. The zero-order valence-corrected chi connectivity index (χ0v) is 9.62. The second kappa shape index (κ2) is 6.79. The van der Waals surface area contributed by atoms with E-state index in [0.29, 0.717) is 0 Å². The van der Waals surface area contributed by atoms with E-state index in [9.17, 15) is 4.79 Å². The van der Waals surface area contributed by atoms with Crippen molar-refractivity contribution in [3.63, 3.8) is 0 Å². The minimum absolute atomic E-state index is 0.0244. The van der Waals surface area contributed by atoms with Crippen molar-refractivity contribution >= 4 is 5.91 Å². The fourth-order valence-electron chi connectivity index (χ4n) is 1.33. The summed E-state index contributed by atoms with van der Waals surface area (Å²) < 4.78 is 4.86. The van der Waals surface area contributed by atoms with Crippen molar-refractivity contribution in [3.05, 3.63) is 0 Å². The average molecular weight is 202 g/mol. The molecular formula is C10H22N2O2. The van der Waals surface area contributed by atoms with Gasteiger partial charge in [0.1, 0.15) is 6.04 Å². The van der Waals surface area contributed by atoms with Crippen molar-refractivity contribution in [1.29, 1.82) is 0 Å². The Hall–Kier alpha value is -0.610. The molecule has 0 heterocycles. The lowest BCUT2D eigenvalue weighted by Gasteiger charge is -2.28. The van der Waals surface area contributed by atoms with Crippen LogP contribution in [-0.2, 0) is 9.53 Å². The Labute approximate surface area is 86.4 Å². The van der Waals surface area contributed by atoms with E-state index in [0.717, 1.165) is 13.0 Å². The maximum Gasteiger partial charge on any atom is 0.242 e. The van der Waals surface area contributed by atoms with Crippen LogP contribution in [0.5, 0.6) is 0 Å². The van der Waals surface area contributed by atoms with Gasteiger partial charge in [0.25, 0.3) is 0 Å². The molecule has 0 aromatic rings. The van der Waals surface area contributed by atoms with Gasteiger partial charge in [0.15, 0.2) is 0 Å². The van der Waals surface area contributed by atoms with E-state index in [4.69, 9.17) is 10.5 Å². The molecule has 0 aromatic carbocycles. The Morgan fingerprint density at radius 1 is 1.50 bits per heavy atom. The van der Waals surface area contributed by atoms with Gasteiger partial charge in [-0.05, 0) is 20.3 Å². The zero-order valence-electron chi connectivity index (χ0n) is 9.62. The maximum atomic E-state index is 11.8. The summed E-state index contributed by atoms with van der Waals surface area (Å²) in [6.45, 7) is 7.07. The Kier molecular flexibility index (Phi) is 6.49. The number of ether oxygens (including phenoxy) is 1. The van der Waals surface area contributed by atoms with E-state index in [-0.39, 0.29) is 18.6 Å². The van der Waals surface area contributed by atoms with Crippen LogP contribution < -0.4 is 5.73 Å². The fourth-order valence-corrected chi connectivity index (χ4v) is 1.33. The Morgan fingerprint density at radius 2 is 2.07 bits per heavy atom. The van der Waals surface area contributed by atoms with Gasteiger partial charge in [0.05, 0.1) is 6.61 Å². The van der Waals surface area contributed by atoms with Crippen LogP contribution in [0, 0.1) is 0 Å². The van der Waals surface area contributed by atoms with E-state index < -0.39 is 6.04 Å². The van der Waals surface area contributed by atoms with Gasteiger partial charge in [-0.15, -0.1) is 0 Å². The summed E-state index contributed by atoms with van der Waals surface area (Å²) >= 11 is 0. The number of nitrogens with zero attached hydrogens (tertiary/aromatic N) is 1. The summed E-state index contributed by atoms with van der Waals surface area (Å²) in [4.78, 5) is 13.6. The van der Waals surface area contributed by atoms with Crippen LogP contribution in [0.25, 0.3) is 0 Å². The third-order valence-corrected chi connectivity index (χ3v) is 2.03. The van der Waals surface area contributed by atoms with Crippen molar-refractivity contribution < 1.29 is 9.53 Å². The molecule has 0 fully saturated rings. The van der Waals surface area contributed by atoms with E-state index in [2.05, 4.69) is 0 Å². The highest BCUT2D eigenvalue weighted by Crippen LogP contribution is 2.02. The third kappa shape index (κ3) is 4.07. The Bertz CT molecular complexity index is 172. The van der Waals surface area contributed by atoms with Gasteiger partial charge in [0.2, 0.25) is 5.91 Å². The Morgan fingerprint density at radius 3 is 2.43 bits per heavy atom. The maximum absolute atomic E-state index is 11.8. The molecule has 0 rings (SSSR count). The third-order valence-electron chi connectivity index (χ3n) is 2.03. The lowest BCUT2D eigenvalue weighted by molar-refractivity contribution is -0.135. The summed E-state index contributed by atoms with van der Waals surface area (Å²) in [5.41, 5.74) is 5.68. The van der Waals surface area contributed by atoms with Crippen molar-refractivity contribution in [3.8, 4) is 0 Å². The molecule has 4 nitrogen and oxygen atoms in total. The molecule has 4 heteroatoms. The predicted octanol–water partition coefficient (Wildman–Crippen LogP) is 0.607. The van der Waals surface area contributed by atoms with Gasteiger partial charge >= 0.3 is 0 Å². The number of nitrogens with two attached hydrogens (primary N) is 1. The molecule has 14 heavy (non-hydrogen) atoms. The summed E-state index contributed by atoms with van der Waals surface area (Å²) in [7, 11) is 1.55. The molecule has 0 saturated heterocycles. The van der Waals surface area contributed by atoms with Crippen molar-refractivity contribution in [1.82, 2.24) is 4.90 Å². The predicted molar refractivity (Wildman–Crippen MR) is 57.0 cm³/mol. The second-order valence-corrected chi connectivity index (χ2v) is 3.69. The lowest BCUT2D eigenvalue weighted by atomic mass is 10.2. The molecule has 1 atom stereocenters. The number of rotatable bonds is 6.